The van der Waals surface area contributed by atoms with Crippen LogP contribution in [0.15, 0.2) is 24.3 Å². The first kappa shape index (κ1) is 13.7. The molecule has 0 radical (unpaired) electrons. The molecule has 1 N–H and O–H groups in total. The van der Waals surface area contributed by atoms with Crippen molar-refractivity contribution in [1.29, 1.82) is 0 Å². The fourth-order valence-electron chi connectivity index (χ4n) is 1.97. The summed E-state index contributed by atoms with van der Waals surface area (Å²) >= 11 is 0. The Labute approximate surface area is 110 Å². The molecule has 3 nitrogen and oxygen atoms in total. The van der Waals surface area contributed by atoms with Crippen LogP contribution in [-0.4, -0.2) is 14.9 Å². The second kappa shape index (κ2) is 5.48. The van der Waals surface area contributed by atoms with Crippen LogP contribution in [0, 0.1) is 11.6 Å². The maximum absolute atomic E-state index is 13.1. The average Bonchev–Trinajstić information content (AvgIpc) is 2.73. The number of aromatic nitrogens is 2. The van der Waals surface area contributed by atoms with E-state index in [1.165, 1.54) is 6.07 Å². The van der Waals surface area contributed by atoms with Crippen molar-refractivity contribution in [2.45, 2.75) is 25.9 Å². The number of benzene rings is 1. The number of hydrogen-bond donors (Lipinski definition) is 1. The monoisotopic (exact) mass is 266 g/mol. The highest BCUT2D eigenvalue weighted by atomic mass is 19.2. The van der Waals surface area contributed by atoms with Crippen molar-refractivity contribution in [3.05, 3.63) is 52.9 Å². The molecule has 0 bridgehead atoms. The number of rotatable bonds is 4. The highest BCUT2D eigenvalue weighted by molar-refractivity contribution is 5.22. The van der Waals surface area contributed by atoms with E-state index in [9.17, 15) is 13.9 Å². The van der Waals surface area contributed by atoms with Crippen LogP contribution in [0.25, 0.3) is 0 Å². The summed E-state index contributed by atoms with van der Waals surface area (Å²) < 4.78 is 27.6. The van der Waals surface area contributed by atoms with Gasteiger partial charge in [0.2, 0.25) is 0 Å². The van der Waals surface area contributed by atoms with Crippen molar-refractivity contribution < 1.29 is 13.9 Å². The van der Waals surface area contributed by atoms with Gasteiger partial charge in [-0.3, -0.25) is 4.68 Å². The van der Waals surface area contributed by atoms with E-state index in [0.29, 0.717) is 12.0 Å². The molecule has 0 spiro atoms. The molecular weight excluding hydrogens is 250 g/mol. The number of nitrogens with zero attached hydrogens (tertiary/aromatic N) is 2. The van der Waals surface area contributed by atoms with Crippen LogP contribution >= 0.6 is 0 Å². The first-order valence-corrected chi connectivity index (χ1v) is 6.16. The molecular formula is C14H16F2N2O. The highest BCUT2D eigenvalue weighted by Gasteiger charge is 2.14. The van der Waals surface area contributed by atoms with E-state index < -0.39 is 17.7 Å². The van der Waals surface area contributed by atoms with Gasteiger partial charge in [0.1, 0.15) is 0 Å². The molecule has 5 heteroatoms. The molecule has 0 aliphatic heterocycles. The predicted molar refractivity (Wildman–Crippen MR) is 67.6 cm³/mol. The fourth-order valence-corrected chi connectivity index (χ4v) is 1.97. The van der Waals surface area contributed by atoms with Crippen molar-refractivity contribution in [2.24, 2.45) is 7.05 Å². The summed E-state index contributed by atoms with van der Waals surface area (Å²) in [4.78, 5) is 0. The Morgan fingerprint density at radius 1 is 1.26 bits per heavy atom. The largest absolute Gasteiger partial charge is 0.388 e. The lowest BCUT2D eigenvalue weighted by molar-refractivity contribution is 0.175. The van der Waals surface area contributed by atoms with E-state index in [1.54, 1.807) is 11.7 Å². The average molecular weight is 266 g/mol. The molecule has 0 aliphatic rings. The maximum atomic E-state index is 13.1. The smallest absolute Gasteiger partial charge is 0.159 e. The van der Waals surface area contributed by atoms with Gasteiger partial charge >= 0.3 is 0 Å². The lowest BCUT2D eigenvalue weighted by Crippen LogP contribution is -2.07. The molecule has 2 aromatic rings. The number of hydrogen-bond acceptors (Lipinski definition) is 2. The number of aliphatic hydroxyl groups is 1. The molecule has 1 heterocycles. The zero-order valence-corrected chi connectivity index (χ0v) is 10.9. The standard InChI is InChI=1S/C14H16F2N2O/c1-3-10-7-11(18(2)17-10)8-14(19)9-4-5-12(15)13(16)6-9/h4-7,14,19H,3,8H2,1-2H3. The first-order valence-electron chi connectivity index (χ1n) is 6.16. The van der Waals surface area contributed by atoms with E-state index in [-0.39, 0.29) is 0 Å². The molecule has 1 unspecified atom stereocenters. The predicted octanol–water partition coefficient (Wildman–Crippen LogP) is 2.54. The third-order valence-electron chi connectivity index (χ3n) is 3.12. The zero-order chi connectivity index (χ0) is 14.0. The van der Waals surface area contributed by atoms with Gasteiger partial charge in [0.15, 0.2) is 11.6 Å². The molecule has 0 amide bonds. The molecule has 1 aromatic carbocycles. The summed E-state index contributed by atoms with van der Waals surface area (Å²) in [5, 5.41) is 14.3. The van der Waals surface area contributed by atoms with Crippen LogP contribution in [0.1, 0.15) is 30.0 Å². The minimum absolute atomic E-state index is 0.314. The quantitative estimate of drug-likeness (QED) is 0.923. The van der Waals surface area contributed by atoms with Crippen molar-refractivity contribution >= 4 is 0 Å². The van der Waals surface area contributed by atoms with E-state index in [1.807, 2.05) is 13.0 Å². The van der Waals surface area contributed by atoms with Crippen LogP contribution in [0.5, 0.6) is 0 Å². The molecule has 0 saturated carbocycles. The van der Waals surface area contributed by atoms with Gasteiger partial charge < -0.3 is 5.11 Å². The molecule has 0 saturated heterocycles. The summed E-state index contributed by atoms with van der Waals surface area (Å²) in [5.74, 6) is -1.86. The highest BCUT2D eigenvalue weighted by Crippen LogP contribution is 2.20. The van der Waals surface area contributed by atoms with E-state index >= 15 is 0 Å². The van der Waals surface area contributed by atoms with Crippen LogP contribution in [0.2, 0.25) is 0 Å². The van der Waals surface area contributed by atoms with Gasteiger partial charge in [-0.05, 0) is 30.2 Å². The van der Waals surface area contributed by atoms with Crippen molar-refractivity contribution in [3.63, 3.8) is 0 Å². The first-order chi connectivity index (χ1) is 9.01. The Hall–Kier alpha value is -1.75. The summed E-state index contributed by atoms with van der Waals surface area (Å²) in [6.07, 6.45) is 0.249. The lowest BCUT2D eigenvalue weighted by Gasteiger charge is -2.11. The molecule has 0 fully saturated rings. The van der Waals surface area contributed by atoms with Gasteiger partial charge in [0.25, 0.3) is 0 Å². The SMILES string of the molecule is CCc1cc(CC(O)c2ccc(F)c(F)c2)n(C)n1. The number of aryl methyl sites for hydroxylation is 2. The van der Waals surface area contributed by atoms with Crippen molar-refractivity contribution in [1.82, 2.24) is 9.78 Å². The molecule has 1 aromatic heterocycles. The molecule has 0 aliphatic carbocycles. The normalized spacial score (nSPS) is 12.7. The Bertz CT molecular complexity index is 581. The van der Waals surface area contributed by atoms with Crippen molar-refractivity contribution in [2.75, 3.05) is 0 Å². The molecule has 102 valence electrons. The Morgan fingerprint density at radius 3 is 2.58 bits per heavy atom. The summed E-state index contributed by atoms with van der Waals surface area (Å²) in [6, 6.07) is 5.34. The Morgan fingerprint density at radius 2 is 2.00 bits per heavy atom. The van der Waals surface area contributed by atoms with Crippen LogP contribution in [0.4, 0.5) is 8.78 Å². The minimum Gasteiger partial charge on any atom is -0.388 e. The number of halogens is 2. The van der Waals surface area contributed by atoms with E-state index in [2.05, 4.69) is 5.10 Å². The minimum atomic E-state index is -0.948. The zero-order valence-electron chi connectivity index (χ0n) is 10.9. The van der Waals surface area contributed by atoms with Crippen LogP contribution in [0.3, 0.4) is 0 Å². The second-order valence-electron chi connectivity index (χ2n) is 4.50. The van der Waals surface area contributed by atoms with Gasteiger partial charge in [0.05, 0.1) is 11.8 Å². The van der Waals surface area contributed by atoms with E-state index in [4.69, 9.17) is 0 Å². The Kier molecular flexibility index (Phi) is 3.95. The second-order valence-corrected chi connectivity index (χ2v) is 4.50. The van der Waals surface area contributed by atoms with Gasteiger partial charge in [-0.2, -0.15) is 5.10 Å². The van der Waals surface area contributed by atoms with Crippen LogP contribution in [-0.2, 0) is 19.9 Å². The summed E-state index contributed by atoms with van der Waals surface area (Å²) in [5.41, 5.74) is 2.15. The van der Waals surface area contributed by atoms with Gasteiger partial charge in [-0.25, -0.2) is 8.78 Å². The van der Waals surface area contributed by atoms with Gasteiger partial charge in [-0.15, -0.1) is 0 Å². The third kappa shape index (κ3) is 2.98. The summed E-state index contributed by atoms with van der Waals surface area (Å²) in [7, 11) is 1.80. The van der Waals surface area contributed by atoms with Gasteiger partial charge in [-0.1, -0.05) is 13.0 Å². The van der Waals surface area contributed by atoms with Crippen LogP contribution < -0.4 is 0 Å². The van der Waals surface area contributed by atoms with Gasteiger partial charge in [0, 0.05) is 19.2 Å². The van der Waals surface area contributed by atoms with E-state index in [0.717, 1.165) is 29.9 Å². The summed E-state index contributed by atoms with van der Waals surface area (Å²) in [6.45, 7) is 2.00. The van der Waals surface area contributed by atoms with Crippen molar-refractivity contribution in [3.8, 4) is 0 Å². The molecule has 2 rings (SSSR count). The molecule has 19 heavy (non-hydrogen) atoms. The lowest BCUT2D eigenvalue weighted by atomic mass is 10.0. The maximum Gasteiger partial charge on any atom is 0.159 e. The Balaban J connectivity index is 2.17. The fraction of sp³-hybridized carbons (Fsp3) is 0.357. The molecule has 1 atom stereocenters. The number of aliphatic hydroxyl groups excluding tert-OH is 1. The topological polar surface area (TPSA) is 38.0 Å². The third-order valence-corrected chi connectivity index (χ3v) is 3.12.